The molecule has 0 bridgehead atoms. The lowest BCUT2D eigenvalue weighted by atomic mass is 10.0. The van der Waals surface area contributed by atoms with Crippen LogP contribution in [0.25, 0.3) is 5.69 Å². The molecule has 2 aromatic carbocycles. The van der Waals surface area contributed by atoms with E-state index < -0.39 is 0 Å². The second-order valence-corrected chi connectivity index (χ2v) is 6.84. The number of likely N-dealkylation sites (tertiary alicyclic amines) is 1. The molecule has 1 aliphatic heterocycles. The highest BCUT2D eigenvalue weighted by atomic mass is 16.5. The van der Waals surface area contributed by atoms with E-state index in [9.17, 15) is 4.79 Å². The average Bonchev–Trinajstić information content (AvgIpc) is 3.38. The molecule has 2 heterocycles. The van der Waals surface area contributed by atoms with Crippen molar-refractivity contribution in [3.8, 4) is 11.4 Å². The molecule has 7 heteroatoms. The summed E-state index contributed by atoms with van der Waals surface area (Å²) in [4.78, 5) is 15.1. The zero-order chi connectivity index (χ0) is 19.5. The summed E-state index contributed by atoms with van der Waals surface area (Å²) in [7, 11) is 0. The SMILES string of the molecule is CCOc1ccc([C@@H]2CCCN2C(=O)c2ccc(-n3nnnc3C)cc2)cc1. The van der Waals surface area contributed by atoms with Crippen molar-refractivity contribution in [2.24, 2.45) is 0 Å². The van der Waals surface area contributed by atoms with Crippen LogP contribution in [0.3, 0.4) is 0 Å². The van der Waals surface area contributed by atoms with Crippen molar-refractivity contribution in [3.63, 3.8) is 0 Å². The third-order valence-corrected chi connectivity index (χ3v) is 5.07. The second kappa shape index (κ2) is 7.80. The Bertz CT molecular complexity index is 950. The van der Waals surface area contributed by atoms with Gasteiger partial charge in [-0.1, -0.05) is 12.1 Å². The van der Waals surface area contributed by atoms with E-state index in [0.717, 1.165) is 36.4 Å². The number of amides is 1. The standard InChI is InChI=1S/C21H23N5O2/c1-3-28-19-12-8-16(9-13-19)20-5-4-14-25(20)21(27)17-6-10-18(11-7-17)26-15(2)22-23-24-26/h6-13,20H,3-5,14H2,1-2H3/t20-/m0/s1. The summed E-state index contributed by atoms with van der Waals surface area (Å²) in [6, 6.07) is 15.6. The number of hydrogen-bond donors (Lipinski definition) is 0. The van der Waals surface area contributed by atoms with Crippen molar-refractivity contribution in [3.05, 3.63) is 65.5 Å². The number of nitrogens with zero attached hydrogens (tertiary/aromatic N) is 5. The van der Waals surface area contributed by atoms with Gasteiger partial charge in [0, 0.05) is 12.1 Å². The molecule has 0 saturated carbocycles. The molecular weight excluding hydrogens is 354 g/mol. The smallest absolute Gasteiger partial charge is 0.254 e. The summed E-state index contributed by atoms with van der Waals surface area (Å²) >= 11 is 0. The van der Waals surface area contributed by atoms with Crippen LogP contribution in [0.1, 0.15) is 47.6 Å². The molecule has 1 saturated heterocycles. The Morgan fingerprint density at radius 1 is 1.14 bits per heavy atom. The molecule has 144 valence electrons. The van der Waals surface area contributed by atoms with Crippen molar-refractivity contribution in [1.29, 1.82) is 0 Å². The predicted molar refractivity (Wildman–Crippen MR) is 105 cm³/mol. The molecule has 0 unspecified atom stereocenters. The maximum absolute atomic E-state index is 13.1. The van der Waals surface area contributed by atoms with E-state index in [4.69, 9.17) is 4.74 Å². The molecule has 0 aliphatic carbocycles. The van der Waals surface area contributed by atoms with Gasteiger partial charge in [0.05, 0.1) is 18.3 Å². The summed E-state index contributed by atoms with van der Waals surface area (Å²) in [5.41, 5.74) is 2.66. The van der Waals surface area contributed by atoms with E-state index in [1.807, 2.05) is 55.1 Å². The van der Waals surface area contributed by atoms with Crippen molar-refractivity contribution in [2.45, 2.75) is 32.7 Å². The first-order chi connectivity index (χ1) is 13.7. The van der Waals surface area contributed by atoms with Gasteiger partial charge in [-0.2, -0.15) is 4.68 Å². The summed E-state index contributed by atoms with van der Waals surface area (Å²) in [6.07, 6.45) is 1.98. The van der Waals surface area contributed by atoms with Crippen molar-refractivity contribution in [2.75, 3.05) is 13.2 Å². The number of hydrogen-bond acceptors (Lipinski definition) is 5. The molecule has 1 aliphatic rings. The average molecular weight is 377 g/mol. The van der Waals surface area contributed by atoms with Gasteiger partial charge < -0.3 is 9.64 Å². The Morgan fingerprint density at radius 3 is 2.54 bits per heavy atom. The first-order valence-electron chi connectivity index (χ1n) is 9.56. The number of carbonyl (C=O) groups is 1. The van der Waals surface area contributed by atoms with Crippen LogP contribution >= 0.6 is 0 Å². The molecule has 4 rings (SSSR count). The van der Waals surface area contributed by atoms with Gasteiger partial charge in [-0.05, 0) is 79.1 Å². The van der Waals surface area contributed by atoms with Crippen molar-refractivity contribution in [1.82, 2.24) is 25.1 Å². The molecular formula is C21H23N5O2. The summed E-state index contributed by atoms with van der Waals surface area (Å²) < 4.78 is 7.17. The molecule has 1 atom stereocenters. The fraction of sp³-hybridized carbons (Fsp3) is 0.333. The zero-order valence-corrected chi connectivity index (χ0v) is 16.1. The molecule has 1 fully saturated rings. The van der Waals surface area contributed by atoms with E-state index in [1.54, 1.807) is 4.68 Å². The number of tetrazole rings is 1. The van der Waals surface area contributed by atoms with E-state index in [0.29, 0.717) is 18.0 Å². The second-order valence-electron chi connectivity index (χ2n) is 6.84. The van der Waals surface area contributed by atoms with E-state index in [2.05, 4.69) is 27.7 Å². The molecule has 3 aromatic rings. The van der Waals surface area contributed by atoms with Gasteiger partial charge in [-0.25, -0.2) is 0 Å². The predicted octanol–water partition coefficient (Wildman–Crippen LogP) is 3.35. The third kappa shape index (κ3) is 3.47. The number of aromatic nitrogens is 4. The van der Waals surface area contributed by atoms with Crippen LogP contribution < -0.4 is 4.74 Å². The van der Waals surface area contributed by atoms with Gasteiger partial charge in [0.25, 0.3) is 5.91 Å². The lowest BCUT2D eigenvalue weighted by Gasteiger charge is -2.25. The van der Waals surface area contributed by atoms with Gasteiger partial charge in [0.1, 0.15) is 5.75 Å². The minimum Gasteiger partial charge on any atom is -0.494 e. The number of carbonyl (C=O) groups excluding carboxylic acids is 1. The first-order valence-corrected chi connectivity index (χ1v) is 9.56. The molecule has 0 N–H and O–H groups in total. The monoisotopic (exact) mass is 377 g/mol. The van der Waals surface area contributed by atoms with Gasteiger partial charge in [0.15, 0.2) is 5.82 Å². The highest BCUT2D eigenvalue weighted by molar-refractivity contribution is 5.94. The zero-order valence-electron chi connectivity index (χ0n) is 16.1. The number of rotatable bonds is 5. The summed E-state index contributed by atoms with van der Waals surface area (Å²) in [5.74, 6) is 1.61. The Labute approximate surface area is 163 Å². The Balaban J connectivity index is 1.52. The van der Waals surface area contributed by atoms with Crippen molar-refractivity contribution >= 4 is 5.91 Å². The quantitative estimate of drug-likeness (QED) is 0.682. The molecule has 7 nitrogen and oxygen atoms in total. The topological polar surface area (TPSA) is 73.1 Å². The van der Waals surface area contributed by atoms with Crippen LogP contribution in [-0.4, -0.2) is 44.2 Å². The molecule has 28 heavy (non-hydrogen) atoms. The largest absolute Gasteiger partial charge is 0.494 e. The highest BCUT2D eigenvalue weighted by Crippen LogP contribution is 2.34. The van der Waals surface area contributed by atoms with Crippen LogP contribution in [0.5, 0.6) is 5.75 Å². The van der Waals surface area contributed by atoms with E-state index in [1.165, 1.54) is 0 Å². The maximum atomic E-state index is 13.1. The van der Waals surface area contributed by atoms with Gasteiger partial charge in [0.2, 0.25) is 0 Å². The normalized spacial score (nSPS) is 16.4. The lowest BCUT2D eigenvalue weighted by Crippen LogP contribution is -2.30. The van der Waals surface area contributed by atoms with Crippen LogP contribution in [0.4, 0.5) is 0 Å². The van der Waals surface area contributed by atoms with Crippen molar-refractivity contribution < 1.29 is 9.53 Å². The van der Waals surface area contributed by atoms with E-state index in [-0.39, 0.29) is 11.9 Å². The number of ether oxygens (including phenoxy) is 1. The van der Waals surface area contributed by atoms with Gasteiger partial charge >= 0.3 is 0 Å². The molecule has 0 spiro atoms. The summed E-state index contributed by atoms with van der Waals surface area (Å²) in [5, 5.41) is 11.5. The molecule has 1 amide bonds. The molecule has 1 aromatic heterocycles. The molecule has 0 radical (unpaired) electrons. The van der Waals surface area contributed by atoms with Crippen LogP contribution in [0.2, 0.25) is 0 Å². The van der Waals surface area contributed by atoms with Gasteiger partial charge in [-0.15, -0.1) is 5.10 Å². The Morgan fingerprint density at radius 2 is 1.89 bits per heavy atom. The lowest BCUT2D eigenvalue weighted by molar-refractivity contribution is 0.0735. The highest BCUT2D eigenvalue weighted by Gasteiger charge is 2.30. The minimum atomic E-state index is 0.0522. The maximum Gasteiger partial charge on any atom is 0.254 e. The Hall–Kier alpha value is -3.22. The third-order valence-electron chi connectivity index (χ3n) is 5.07. The Kier molecular flexibility index (Phi) is 5.06. The van der Waals surface area contributed by atoms with E-state index >= 15 is 0 Å². The van der Waals surface area contributed by atoms with Crippen LogP contribution in [0.15, 0.2) is 48.5 Å². The summed E-state index contributed by atoms with van der Waals surface area (Å²) in [6.45, 7) is 5.22. The fourth-order valence-corrected chi connectivity index (χ4v) is 3.69. The minimum absolute atomic E-state index is 0.0522. The number of benzene rings is 2. The van der Waals surface area contributed by atoms with Gasteiger partial charge in [-0.3, -0.25) is 4.79 Å². The van der Waals surface area contributed by atoms with Crippen LogP contribution in [-0.2, 0) is 0 Å². The fourth-order valence-electron chi connectivity index (χ4n) is 3.69. The first kappa shape index (κ1) is 18.2. The van der Waals surface area contributed by atoms with Crippen LogP contribution in [0, 0.1) is 6.92 Å². The number of aryl methyl sites for hydroxylation is 1.